The van der Waals surface area contributed by atoms with Crippen LogP contribution in [0.5, 0.6) is 0 Å². The maximum absolute atomic E-state index is 13.5. The fourth-order valence-electron chi connectivity index (χ4n) is 2.35. The first-order chi connectivity index (χ1) is 9.56. The molecule has 1 aliphatic carbocycles. The first kappa shape index (κ1) is 15.2. The lowest BCUT2D eigenvalue weighted by Gasteiger charge is -2.13. The molecule has 0 aliphatic heterocycles. The number of amides is 1. The standard InChI is InChI=1S/C15H17BrFNO2/c16-12-5-6-13(17)10(8-12)4-7-15(20)18-9-11-2-1-3-14(11)19/h4-8,11,14,19H,1-3,9H2,(H,18,20). The highest BCUT2D eigenvalue weighted by Gasteiger charge is 2.24. The molecule has 0 aromatic heterocycles. The second-order valence-electron chi connectivity index (χ2n) is 5.00. The van der Waals surface area contributed by atoms with Gasteiger partial charge in [-0.1, -0.05) is 22.4 Å². The van der Waals surface area contributed by atoms with Crippen LogP contribution in [0.15, 0.2) is 28.7 Å². The molecule has 1 amide bonds. The Balaban J connectivity index is 1.87. The van der Waals surface area contributed by atoms with Crippen LogP contribution in [0.25, 0.3) is 6.08 Å². The second kappa shape index (κ2) is 6.99. The largest absolute Gasteiger partial charge is 0.393 e. The summed E-state index contributed by atoms with van der Waals surface area (Å²) in [5.41, 5.74) is 0.357. The molecule has 0 bridgehead atoms. The van der Waals surface area contributed by atoms with E-state index in [0.29, 0.717) is 12.1 Å². The zero-order valence-corrected chi connectivity index (χ0v) is 12.6. The zero-order valence-electron chi connectivity index (χ0n) is 11.0. The van der Waals surface area contributed by atoms with Crippen LogP contribution in [0.1, 0.15) is 24.8 Å². The molecular weight excluding hydrogens is 325 g/mol. The highest BCUT2D eigenvalue weighted by molar-refractivity contribution is 9.10. The Morgan fingerprint density at radius 2 is 2.30 bits per heavy atom. The van der Waals surface area contributed by atoms with E-state index >= 15 is 0 Å². The number of benzene rings is 1. The Kier molecular flexibility index (Phi) is 5.31. The minimum absolute atomic E-state index is 0.134. The molecule has 108 valence electrons. The lowest BCUT2D eigenvalue weighted by Crippen LogP contribution is -2.31. The monoisotopic (exact) mass is 341 g/mol. The third kappa shape index (κ3) is 4.15. The van der Waals surface area contributed by atoms with E-state index in [1.54, 1.807) is 12.1 Å². The highest BCUT2D eigenvalue weighted by Crippen LogP contribution is 2.24. The van der Waals surface area contributed by atoms with E-state index in [2.05, 4.69) is 21.2 Å². The van der Waals surface area contributed by atoms with Crippen molar-refractivity contribution < 1.29 is 14.3 Å². The maximum Gasteiger partial charge on any atom is 0.244 e. The van der Waals surface area contributed by atoms with Gasteiger partial charge >= 0.3 is 0 Å². The van der Waals surface area contributed by atoms with E-state index in [0.717, 1.165) is 23.7 Å². The van der Waals surface area contributed by atoms with Crippen molar-refractivity contribution in [2.75, 3.05) is 6.54 Å². The van der Waals surface area contributed by atoms with Gasteiger partial charge in [0.05, 0.1) is 6.10 Å². The van der Waals surface area contributed by atoms with Gasteiger partial charge < -0.3 is 10.4 Å². The van der Waals surface area contributed by atoms with E-state index in [1.165, 1.54) is 18.2 Å². The van der Waals surface area contributed by atoms with Crippen molar-refractivity contribution in [1.82, 2.24) is 5.32 Å². The summed E-state index contributed by atoms with van der Waals surface area (Å²) in [4.78, 5) is 11.7. The fraction of sp³-hybridized carbons (Fsp3) is 0.400. The van der Waals surface area contributed by atoms with E-state index in [1.807, 2.05) is 0 Å². The quantitative estimate of drug-likeness (QED) is 0.827. The SMILES string of the molecule is O=C(C=Cc1cc(Br)ccc1F)NCC1CCCC1O. The van der Waals surface area contributed by atoms with Crippen molar-refractivity contribution in [2.24, 2.45) is 5.92 Å². The van der Waals surface area contributed by atoms with Crippen molar-refractivity contribution >= 4 is 27.9 Å². The van der Waals surface area contributed by atoms with Crippen LogP contribution in [-0.4, -0.2) is 23.7 Å². The number of aliphatic hydroxyl groups excluding tert-OH is 1. The van der Waals surface area contributed by atoms with Crippen molar-refractivity contribution in [3.05, 3.63) is 40.1 Å². The molecule has 2 rings (SSSR count). The summed E-state index contributed by atoms with van der Waals surface area (Å²) in [6.45, 7) is 0.464. The molecule has 3 nitrogen and oxygen atoms in total. The number of carbonyl (C=O) groups is 1. The lowest BCUT2D eigenvalue weighted by atomic mass is 10.1. The average Bonchev–Trinajstić information content (AvgIpc) is 2.83. The van der Waals surface area contributed by atoms with Gasteiger partial charge in [-0.05, 0) is 37.1 Å². The van der Waals surface area contributed by atoms with E-state index < -0.39 is 0 Å². The first-order valence-electron chi connectivity index (χ1n) is 6.65. The smallest absolute Gasteiger partial charge is 0.244 e. The number of nitrogens with one attached hydrogen (secondary N) is 1. The van der Waals surface area contributed by atoms with Crippen LogP contribution in [0.2, 0.25) is 0 Å². The molecule has 20 heavy (non-hydrogen) atoms. The third-order valence-electron chi connectivity index (χ3n) is 3.53. The van der Waals surface area contributed by atoms with Gasteiger partial charge in [-0.3, -0.25) is 4.79 Å². The highest BCUT2D eigenvalue weighted by atomic mass is 79.9. The van der Waals surface area contributed by atoms with Gasteiger partial charge in [0, 0.05) is 28.6 Å². The van der Waals surface area contributed by atoms with Crippen LogP contribution >= 0.6 is 15.9 Å². The van der Waals surface area contributed by atoms with Crippen LogP contribution in [0.3, 0.4) is 0 Å². The summed E-state index contributed by atoms with van der Waals surface area (Å²) in [5.74, 6) is -0.512. The molecule has 2 atom stereocenters. The van der Waals surface area contributed by atoms with Crippen LogP contribution in [0, 0.1) is 11.7 Å². The Morgan fingerprint density at radius 1 is 1.50 bits per heavy atom. The number of carbonyl (C=O) groups excluding carboxylic acids is 1. The molecule has 1 aliphatic rings. The summed E-state index contributed by atoms with van der Waals surface area (Å²) >= 11 is 3.26. The topological polar surface area (TPSA) is 49.3 Å². The molecule has 5 heteroatoms. The van der Waals surface area contributed by atoms with E-state index in [9.17, 15) is 14.3 Å². The summed E-state index contributed by atoms with van der Waals surface area (Å²) in [6.07, 6.45) is 5.18. The molecule has 1 fully saturated rings. The molecule has 0 radical (unpaired) electrons. The first-order valence-corrected chi connectivity index (χ1v) is 7.44. The summed E-state index contributed by atoms with van der Waals surface area (Å²) in [7, 11) is 0. The minimum atomic E-state index is -0.372. The van der Waals surface area contributed by atoms with Crippen molar-refractivity contribution in [2.45, 2.75) is 25.4 Å². The molecule has 0 saturated heterocycles. The molecule has 1 aromatic carbocycles. The van der Waals surface area contributed by atoms with Gasteiger partial charge in [0.2, 0.25) is 5.91 Å². The van der Waals surface area contributed by atoms with Crippen molar-refractivity contribution in [3.8, 4) is 0 Å². The maximum atomic E-state index is 13.5. The molecule has 2 unspecified atom stereocenters. The summed E-state index contributed by atoms with van der Waals surface area (Å²) in [6, 6.07) is 4.56. The average molecular weight is 342 g/mol. The van der Waals surface area contributed by atoms with Crippen LogP contribution in [-0.2, 0) is 4.79 Å². The molecule has 0 spiro atoms. The van der Waals surface area contributed by atoms with Crippen LogP contribution < -0.4 is 5.32 Å². The minimum Gasteiger partial charge on any atom is -0.393 e. The van der Waals surface area contributed by atoms with Crippen molar-refractivity contribution in [1.29, 1.82) is 0 Å². The van der Waals surface area contributed by atoms with Gasteiger partial charge in [-0.2, -0.15) is 0 Å². The van der Waals surface area contributed by atoms with Crippen LogP contribution in [0.4, 0.5) is 4.39 Å². The fourth-order valence-corrected chi connectivity index (χ4v) is 2.73. The predicted octanol–water partition coefficient (Wildman–Crippen LogP) is 2.88. The van der Waals surface area contributed by atoms with E-state index in [4.69, 9.17) is 0 Å². The Hall–Kier alpha value is -1.20. The molecule has 1 aromatic rings. The molecule has 1 saturated carbocycles. The number of hydrogen-bond donors (Lipinski definition) is 2. The number of halogens is 2. The van der Waals surface area contributed by atoms with E-state index in [-0.39, 0.29) is 23.7 Å². The normalized spacial score (nSPS) is 22.4. The Bertz CT molecular complexity index is 519. The van der Waals surface area contributed by atoms with Gasteiger partial charge in [0.1, 0.15) is 5.82 Å². The van der Waals surface area contributed by atoms with Gasteiger partial charge in [-0.15, -0.1) is 0 Å². The molecule has 2 N–H and O–H groups in total. The van der Waals surface area contributed by atoms with Gasteiger partial charge in [-0.25, -0.2) is 4.39 Å². The van der Waals surface area contributed by atoms with Crippen molar-refractivity contribution in [3.63, 3.8) is 0 Å². The Labute approximate surface area is 126 Å². The van der Waals surface area contributed by atoms with Gasteiger partial charge in [0.15, 0.2) is 0 Å². The number of rotatable bonds is 4. The molecular formula is C15H17BrFNO2. The lowest BCUT2D eigenvalue weighted by molar-refractivity contribution is -0.116. The summed E-state index contributed by atoms with van der Waals surface area (Å²) in [5, 5.41) is 12.4. The number of hydrogen-bond acceptors (Lipinski definition) is 2. The third-order valence-corrected chi connectivity index (χ3v) is 4.02. The van der Waals surface area contributed by atoms with Gasteiger partial charge in [0.25, 0.3) is 0 Å². The summed E-state index contributed by atoms with van der Waals surface area (Å²) < 4.78 is 14.2. The molecule has 0 heterocycles. The number of aliphatic hydroxyl groups is 1. The second-order valence-corrected chi connectivity index (χ2v) is 5.92. The Morgan fingerprint density at radius 3 is 3.00 bits per heavy atom. The zero-order chi connectivity index (χ0) is 14.5. The predicted molar refractivity (Wildman–Crippen MR) is 79.5 cm³/mol.